The van der Waals surface area contributed by atoms with E-state index in [-0.39, 0.29) is 6.79 Å². The van der Waals surface area contributed by atoms with Crippen LogP contribution >= 0.6 is 0 Å². The van der Waals surface area contributed by atoms with Crippen molar-refractivity contribution in [2.24, 2.45) is 0 Å². The molecule has 5 heteroatoms. The zero-order valence-electron chi connectivity index (χ0n) is 10.7. The summed E-state index contributed by atoms with van der Waals surface area (Å²) in [5, 5.41) is 0. The van der Waals surface area contributed by atoms with Crippen molar-refractivity contribution in [2.75, 3.05) is 21.0 Å². The number of hydrogen-bond acceptors (Lipinski definition) is 5. The summed E-state index contributed by atoms with van der Waals surface area (Å²) in [6, 6.07) is 0. The van der Waals surface area contributed by atoms with Crippen LogP contribution in [0.15, 0.2) is 0 Å². The largest absolute Gasteiger partial charge is 0.492 e. The monoisotopic (exact) mass is 252 g/mol. The van der Waals surface area contributed by atoms with Gasteiger partial charge in [0.15, 0.2) is 17.8 Å². The molecule has 5 nitrogen and oxygen atoms in total. The molecule has 0 unspecified atom stereocenters. The SMILES string of the molecule is CCCc1c(C=O)c(OC)c2c(c1OC)OCO2. The van der Waals surface area contributed by atoms with Crippen molar-refractivity contribution >= 4 is 6.29 Å². The van der Waals surface area contributed by atoms with E-state index in [1.165, 1.54) is 7.11 Å². The van der Waals surface area contributed by atoms with Crippen LogP contribution in [0.25, 0.3) is 0 Å². The quantitative estimate of drug-likeness (QED) is 0.752. The third-order valence-electron chi connectivity index (χ3n) is 2.90. The number of benzene rings is 1. The standard InChI is InChI=1S/C13H16O5/c1-4-5-8-9(6-14)11(16-3)13-12(10(8)15-2)17-7-18-13/h6H,4-5,7H2,1-3H3. The van der Waals surface area contributed by atoms with Gasteiger partial charge in [-0.2, -0.15) is 0 Å². The number of hydrogen-bond donors (Lipinski definition) is 0. The average molecular weight is 252 g/mol. The molecule has 0 N–H and O–H groups in total. The first-order valence-corrected chi connectivity index (χ1v) is 5.80. The van der Waals surface area contributed by atoms with Gasteiger partial charge in [0.1, 0.15) is 0 Å². The molecule has 1 aromatic carbocycles. The van der Waals surface area contributed by atoms with Gasteiger partial charge in [-0.15, -0.1) is 0 Å². The zero-order chi connectivity index (χ0) is 13.1. The maximum absolute atomic E-state index is 11.3. The molecule has 0 atom stereocenters. The second-order valence-electron chi connectivity index (χ2n) is 3.89. The fourth-order valence-corrected chi connectivity index (χ4v) is 2.18. The van der Waals surface area contributed by atoms with Gasteiger partial charge in [-0.1, -0.05) is 13.3 Å². The van der Waals surface area contributed by atoms with Gasteiger partial charge in [0.25, 0.3) is 0 Å². The summed E-state index contributed by atoms with van der Waals surface area (Å²) in [5.74, 6) is 1.94. The van der Waals surface area contributed by atoms with Gasteiger partial charge < -0.3 is 18.9 Å². The van der Waals surface area contributed by atoms with Crippen molar-refractivity contribution in [1.82, 2.24) is 0 Å². The van der Waals surface area contributed by atoms with Crippen LogP contribution in [0.2, 0.25) is 0 Å². The Hall–Kier alpha value is -1.91. The van der Waals surface area contributed by atoms with Crippen molar-refractivity contribution in [3.05, 3.63) is 11.1 Å². The Bertz CT molecular complexity index is 467. The van der Waals surface area contributed by atoms with Crippen LogP contribution < -0.4 is 18.9 Å². The lowest BCUT2D eigenvalue weighted by Crippen LogP contribution is -2.02. The van der Waals surface area contributed by atoms with E-state index in [4.69, 9.17) is 18.9 Å². The Kier molecular flexibility index (Phi) is 3.60. The minimum Gasteiger partial charge on any atom is -0.492 e. The van der Waals surface area contributed by atoms with Gasteiger partial charge in [0.2, 0.25) is 18.3 Å². The smallest absolute Gasteiger partial charge is 0.231 e. The molecule has 0 fully saturated rings. The highest BCUT2D eigenvalue weighted by Gasteiger charge is 2.30. The molecule has 0 radical (unpaired) electrons. The van der Waals surface area contributed by atoms with E-state index in [1.807, 2.05) is 6.92 Å². The van der Waals surface area contributed by atoms with Crippen LogP contribution in [0.4, 0.5) is 0 Å². The molecule has 0 aliphatic carbocycles. The minimum absolute atomic E-state index is 0.107. The second-order valence-corrected chi connectivity index (χ2v) is 3.89. The molecule has 1 heterocycles. The Labute approximate surface area is 106 Å². The predicted octanol–water partition coefficient (Wildman–Crippen LogP) is 2.20. The molecule has 1 aliphatic rings. The molecule has 0 aromatic heterocycles. The third kappa shape index (κ3) is 1.75. The van der Waals surface area contributed by atoms with Crippen LogP contribution in [-0.2, 0) is 6.42 Å². The molecule has 0 bridgehead atoms. The molecule has 98 valence electrons. The van der Waals surface area contributed by atoms with Crippen LogP contribution in [0.1, 0.15) is 29.3 Å². The van der Waals surface area contributed by atoms with Crippen molar-refractivity contribution in [3.63, 3.8) is 0 Å². The number of aldehydes is 1. The topological polar surface area (TPSA) is 54.0 Å². The van der Waals surface area contributed by atoms with E-state index in [9.17, 15) is 4.79 Å². The fraction of sp³-hybridized carbons (Fsp3) is 0.462. The predicted molar refractivity (Wildman–Crippen MR) is 65.1 cm³/mol. The van der Waals surface area contributed by atoms with Crippen molar-refractivity contribution in [1.29, 1.82) is 0 Å². The Morgan fingerprint density at radius 3 is 2.28 bits per heavy atom. The summed E-state index contributed by atoms with van der Waals surface area (Å²) < 4.78 is 21.4. The molecule has 1 aromatic rings. The third-order valence-corrected chi connectivity index (χ3v) is 2.90. The summed E-state index contributed by atoms with van der Waals surface area (Å²) in [5.41, 5.74) is 1.27. The van der Waals surface area contributed by atoms with E-state index in [2.05, 4.69) is 0 Å². The van der Waals surface area contributed by atoms with Gasteiger partial charge in [0, 0.05) is 5.56 Å². The molecule has 0 spiro atoms. The lowest BCUT2D eigenvalue weighted by Gasteiger charge is -2.16. The van der Waals surface area contributed by atoms with Gasteiger partial charge in [-0.25, -0.2) is 0 Å². The fourth-order valence-electron chi connectivity index (χ4n) is 2.18. The second kappa shape index (κ2) is 5.16. The van der Waals surface area contributed by atoms with Crippen LogP contribution in [0.3, 0.4) is 0 Å². The highest BCUT2D eigenvalue weighted by atomic mass is 16.7. The number of carbonyl (C=O) groups is 1. The highest BCUT2D eigenvalue weighted by molar-refractivity contribution is 5.88. The molecule has 0 amide bonds. The molecule has 1 aliphatic heterocycles. The van der Waals surface area contributed by atoms with Crippen molar-refractivity contribution < 1.29 is 23.7 Å². The number of fused-ring (bicyclic) bond motifs is 1. The van der Waals surface area contributed by atoms with E-state index in [0.717, 1.165) is 18.3 Å². The van der Waals surface area contributed by atoms with Gasteiger partial charge in [-0.05, 0) is 6.42 Å². The minimum atomic E-state index is 0.107. The lowest BCUT2D eigenvalue weighted by molar-refractivity contribution is 0.111. The Balaban J connectivity index is 2.73. The number of rotatable bonds is 5. The van der Waals surface area contributed by atoms with Crippen LogP contribution in [0, 0.1) is 0 Å². The Morgan fingerprint density at radius 1 is 1.17 bits per heavy atom. The molecule has 0 saturated heterocycles. The maximum atomic E-state index is 11.3. The molecule has 2 rings (SSSR count). The summed E-state index contributed by atoms with van der Waals surface area (Å²) in [4.78, 5) is 11.3. The number of ether oxygens (including phenoxy) is 4. The van der Waals surface area contributed by atoms with E-state index < -0.39 is 0 Å². The normalized spacial score (nSPS) is 12.4. The summed E-state index contributed by atoms with van der Waals surface area (Å²) in [6.07, 6.45) is 2.37. The van der Waals surface area contributed by atoms with Crippen LogP contribution in [0.5, 0.6) is 23.0 Å². The average Bonchev–Trinajstić information content (AvgIpc) is 2.86. The summed E-state index contributed by atoms with van der Waals surface area (Å²) in [6.45, 7) is 2.14. The summed E-state index contributed by atoms with van der Waals surface area (Å²) in [7, 11) is 3.06. The zero-order valence-corrected chi connectivity index (χ0v) is 10.7. The Morgan fingerprint density at radius 2 is 1.78 bits per heavy atom. The highest BCUT2D eigenvalue weighted by Crippen LogP contribution is 2.51. The van der Waals surface area contributed by atoms with E-state index in [0.29, 0.717) is 35.0 Å². The maximum Gasteiger partial charge on any atom is 0.231 e. The molecular formula is C13H16O5. The van der Waals surface area contributed by atoms with Gasteiger partial charge in [-0.3, -0.25) is 4.79 Å². The number of carbonyl (C=O) groups excluding carboxylic acids is 1. The van der Waals surface area contributed by atoms with Gasteiger partial charge in [0.05, 0.1) is 19.8 Å². The van der Waals surface area contributed by atoms with E-state index in [1.54, 1.807) is 7.11 Å². The van der Waals surface area contributed by atoms with Crippen LogP contribution in [-0.4, -0.2) is 27.3 Å². The van der Waals surface area contributed by atoms with Gasteiger partial charge >= 0.3 is 0 Å². The molecule has 18 heavy (non-hydrogen) atoms. The first kappa shape index (κ1) is 12.5. The molecular weight excluding hydrogens is 236 g/mol. The lowest BCUT2D eigenvalue weighted by atomic mass is 10.00. The van der Waals surface area contributed by atoms with E-state index >= 15 is 0 Å². The number of methoxy groups -OCH3 is 2. The first-order valence-electron chi connectivity index (χ1n) is 5.80. The first-order chi connectivity index (χ1) is 8.78. The van der Waals surface area contributed by atoms with Crippen molar-refractivity contribution in [2.45, 2.75) is 19.8 Å². The summed E-state index contributed by atoms with van der Waals surface area (Å²) >= 11 is 0. The van der Waals surface area contributed by atoms with Crippen molar-refractivity contribution in [3.8, 4) is 23.0 Å². The molecule has 0 saturated carbocycles.